The first-order chi connectivity index (χ1) is 13.3. The average Bonchev–Trinajstić information content (AvgIpc) is 2.91. The number of carbonyl (C=O) groups excluding carboxylic acids is 3. The number of hydrogen-bond acceptors (Lipinski definition) is 7. The van der Waals surface area contributed by atoms with Gasteiger partial charge in [-0.15, -0.1) is 0 Å². The molecule has 0 aromatic heterocycles. The van der Waals surface area contributed by atoms with Gasteiger partial charge in [-0.25, -0.2) is 0 Å². The zero-order valence-electron chi connectivity index (χ0n) is 15.9. The molecule has 9 nitrogen and oxygen atoms in total. The minimum atomic E-state index is -0.732. The van der Waals surface area contributed by atoms with Crippen LogP contribution in [0.5, 0.6) is 5.75 Å². The van der Waals surface area contributed by atoms with Crippen molar-refractivity contribution >= 4 is 17.7 Å². The number of para-hydroxylation sites is 1. The number of ether oxygens (including phenoxy) is 2. The van der Waals surface area contributed by atoms with Crippen LogP contribution in [0.1, 0.15) is 25.3 Å². The van der Waals surface area contributed by atoms with Gasteiger partial charge in [-0.3, -0.25) is 24.5 Å². The second-order valence-electron chi connectivity index (χ2n) is 6.89. The molecule has 1 aliphatic carbocycles. The first-order valence-corrected chi connectivity index (χ1v) is 9.00. The van der Waals surface area contributed by atoms with Crippen LogP contribution >= 0.6 is 0 Å². The van der Waals surface area contributed by atoms with Crippen molar-refractivity contribution in [1.29, 1.82) is 0 Å². The fourth-order valence-electron chi connectivity index (χ4n) is 3.48. The number of esters is 1. The van der Waals surface area contributed by atoms with Gasteiger partial charge in [0, 0.05) is 35.3 Å². The van der Waals surface area contributed by atoms with Crippen molar-refractivity contribution in [3.8, 4) is 5.75 Å². The van der Waals surface area contributed by atoms with Crippen molar-refractivity contribution in [3.05, 3.63) is 39.9 Å². The molecule has 0 bridgehead atoms. The quantitative estimate of drug-likeness (QED) is 0.382. The zero-order valence-corrected chi connectivity index (χ0v) is 15.9. The highest BCUT2D eigenvalue weighted by molar-refractivity contribution is 5.88. The van der Waals surface area contributed by atoms with E-state index in [4.69, 9.17) is 9.47 Å². The zero-order chi connectivity index (χ0) is 20.7. The number of nitro groups is 1. The third-order valence-electron chi connectivity index (χ3n) is 4.96. The summed E-state index contributed by atoms with van der Waals surface area (Å²) in [6.45, 7) is 1.14. The van der Waals surface area contributed by atoms with Gasteiger partial charge in [0.2, 0.25) is 6.54 Å². The van der Waals surface area contributed by atoms with Crippen molar-refractivity contribution in [2.45, 2.75) is 26.3 Å². The number of rotatable bonds is 9. The van der Waals surface area contributed by atoms with E-state index in [0.29, 0.717) is 5.75 Å². The van der Waals surface area contributed by atoms with E-state index in [-0.39, 0.29) is 37.6 Å². The number of nitrogens with one attached hydrogen (secondary N) is 1. The van der Waals surface area contributed by atoms with Gasteiger partial charge in [-0.05, 0) is 12.0 Å². The van der Waals surface area contributed by atoms with Crippen LogP contribution in [-0.4, -0.2) is 42.8 Å². The number of nitrogens with zero attached hydrogens (tertiary/aromatic N) is 1. The predicted molar refractivity (Wildman–Crippen MR) is 98.0 cm³/mol. The Kier molecular flexibility index (Phi) is 7.48. The van der Waals surface area contributed by atoms with Gasteiger partial charge >= 0.3 is 5.97 Å². The topological polar surface area (TPSA) is 125 Å². The lowest BCUT2D eigenvalue weighted by Gasteiger charge is -2.17. The maximum atomic E-state index is 12.0. The summed E-state index contributed by atoms with van der Waals surface area (Å²) in [4.78, 5) is 46.3. The van der Waals surface area contributed by atoms with Gasteiger partial charge in [0.1, 0.15) is 11.5 Å². The number of hydrogen-bond donors (Lipinski definition) is 1. The van der Waals surface area contributed by atoms with Crippen LogP contribution in [0.25, 0.3) is 0 Å². The molecule has 2 rings (SSSR count). The molecular weight excluding hydrogens is 368 g/mol. The van der Waals surface area contributed by atoms with Gasteiger partial charge < -0.3 is 14.8 Å². The van der Waals surface area contributed by atoms with E-state index in [9.17, 15) is 24.5 Å². The number of amides is 1. The van der Waals surface area contributed by atoms with E-state index in [2.05, 4.69) is 5.32 Å². The van der Waals surface area contributed by atoms with Crippen LogP contribution in [0.3, 0.4) is 0 Å². The third kappa shape index (κ3) is 5.77. The first kappa shape index (κ1) is 21.3. The number of carbonyl (C=O) groups is 3. The van der Waals surface area contributed by atoms with E-state index in [1.807, 2.05) is 12.1 Å². The van der Waals surface area contributed by atoms with Crippen molar-refractivity contribution in [3.63, 3.8) is 0 Å². The van der Waals surface area contributed by atoms with Crippen molar-refractivity contribution in [1.82, 2.24) is 5.32 Å². The molecule has 1 saturated carbocycles. The third-order valence-corrected chi connectivity index (χ3v) is 4.96. The molecular formula is C19H24N2O7. The number of benzene rings is 1. The van der Waals surface area contributed by atoms with Gasteiger partial charge in [-0.1, -0.05) is 25.1 Å². The summed E-state index contributed by atoms with van der Waals surface area (Å²) in [5.74, 6) is -2.12. The normalized spacial score (nSPS) is 21.2. The Bertz CT molecular complexity index is 750. The largest absolute Gasteiger partial charge is 0.496 e. The molecule has 1 N–H and O–H groups in total. The van der Waals surface area contributed by atoms with Crippen LogP contribution < -0.4 is 10.1 Å². The lowest BCUT2D eigenvalue weighted by atomic mass is 9.88. The predicted octanol–water partition coefficient (Wildman–Crippen LogP) is 1.36. The molecule has 0 heterocycles. The SMILES string of the molecule is COc1ccccc1CNC(=O)COC(=O)C[C@@H]1C(=O)C[C@@H](C)[C@H]1C[N+](=O)[O-]. The van der Waals surface area contributed by atoms with E-state index >= 15 is 0 Å². The summed E-state index contributed by atoms with van der Waals surface area (Å²) in [6.07, 6.45) is -0.0304. The highest BCUT2D eigenvalue weighted by atomic mass is 16.6. The molecule has 1 aromatic carbocycles. The number of Topliss-reactive ketones (excluding diaryl/α,β-unsaturated/α-hetero) is 1. The van der Waals surface area contributed by atoms with Gasteiger partial charge in [0.15, 0.2) is 6.61 Å². The summed E-state index contributed by atoms with van der Waals surface area (Å²) < 4.78 is 10.1. The molecule has 0 unspecified atom stereocenters. The molecule has 1 aromatic rings. The summed E-state index contributed by atoms with van der Waals surface area (Å²) in [6, 6.07) is 7.18. The Morgan fingerprint density at radius 2 is 2.04 bits per heavy atom. The minimum Gasteiger partial charge on any atom is -0.496 e. The van der Waals surface area contributed by atoms with E-state index < -0.39 is 35.2 Å². The lowest BCUT2D eigenvalue weighted by Crippen LogP contribution is -2.30. The number of ketones is 1. The molecule has 1 amide bonds. The Morgan fingerprint density at radius 3 is 2.71 bits per heavy atom. The lowest BCUT2D eigenvalue weighted by molar-refractivity contribution is -0.490. The second kappa shape index (κ2) is 9.82. The van der Waals surface area contributed by atoms with Crippen LogP contribution in [0, 0.1) is 27.9 Å². The minimum absolute atomic E-state index is 0.153. The smallest absolute Gasteiger partial charge is 0.307 e. The van der Waals surface area contributed by atoms with Crippen LogP contribution in [0.2, 0.25) is 0 Å². The van der Waals surface area contributed by atoms with Crippen LogP contribution in [0.15, 0.2) is 24.3 Å². The molecule has 0 spiro atoms. The van der Waals surface area contributed by atoms with E-state index in [1.54, 1.807) is 19.1 Å². The van der Waals surface area contributed by atoms with E-state index in [0.717, 1.165) is 5.56 Å². The van der Waals surface area contributed by atoms with Gasteiger partial charge in [0.25, 0.3) is 5.91 Å². The number of methoxy groups -OCH3 is 1. The Balaban J connectivity index is 1.80. The molecule has 1 fully saturated rings. The molecule has 9 heteroatoms. The fraction of sp³-hybridized carbons (Fsp3) is 0.526. The molecule has 28 heavy (non-hydrogen) atoms. The fourth-order valence-corrected chi connectivity index (χ4v) is 3.48. The molecule has 1 aliphatic rings. The van der Waals surface area contributed by atoms with Gasteiger partial charge in [0.05, 0.1) is 13.5 Å². The summed E-state index contributed by atoms with van der Waals surface area (Å²) in [5, 5.41) is 13.4. The maximum Gasteiger partial charge on any atom is 0.307 e. The summed E-state index contributed by atoms with van der Waals surface area (Å²) >= 11 is 0. The highest BCUT2D eigenvalue weighted by Crippen LogP contribution is 2.36. The Labute approximate surface area is 162 Å². The Hall–Kier alpha value is -2.97. The maximum absolute atomic E-state index is 12.0. The van der Waals surface area contributed by atoms with Crippen molar-refractivity contribution in [2.24, 2.45) is 17.8 Å². The average molecular weight is 392 g/mol. The Morgan fingerprint density at radius 1 is 1.32 bits per heavy atom. The molecule has 0 aliphatic heterocycles. The van der Waals surface area contributed by atoms with Crippen molar-refractivity contribution in [2.75, 3.05) is 20.3 Å². The second-order valence-corrected chi connectivity index (χ2v) is 6.89. The molecule has 3 atom stereocenters. The van der Waals surface area contributed by atoms with E-state index in [1.165, 1.54) is 7.11 Å². The molecule has 0 saturated heterocycles. The summed E-state index contributed by atoms with van der Waals surface area (Å²) in [5.41, 5.74) is 0.776. The monoisotopic (exact) mass is 392 g/mol. The molecule has 0 radical (unpaired) electrons. The van der Waals surface area contributed by atoms with Crippen LogP contribution in [0.4, 0.5) is 0 Å². The first-order valence-electron chi connectivity index (χ1n) is 9.00. The van der Waals surface area contributed by atoms with Gasteiger partial charge in [-0.2, -0.15) is 0 Å². The highest BCUT2D eigenvalue weighted by Gasteiger charge is 2.44. The molecule has 152 valence electrons. The van der Waals surface area contributed by atoms with Crippen molar-refractivity contribution < 1.29 is 28.8 Å². The summed E-state index contributed by atoms with van der Waals surface area (Å²) in [7, 11) is 1.53. The standard InChI is InChI=1S/C19H24N2O7/c1-12-7-16(22)14(15(12)10-21(25)26)8-19(24)28-11-18(23)20-9-13-5-3-4-6-17(13)27-2/h3-6,12,14-15H,7-11H2,1-2H3,(H,20,23)/t12-,14+,15-/m1/s1. The van der Waals surface area contributed by atoms with Crippen LogP contribution in [-0.2, 0) is 25.7 Å².